The molecule has 1 unspecified atom stereocenters. The summed E-state index contributed by atoms with van der Waals surface area (Å²) in [4.78, 5) is 3.71. The maximum Gasteiger partial charge on any atom is 0.425 e. The number of rotatable bonds is 3. The van der Waals surface area contributed by atoms with Gasteiger partial charge in [0.25, 0.3) is 0 Å². The zero-order valence-corrected chi connectivity index (χ0v) is 13.3. The summed E-state index contributed by atoms with van der Waals surface area (Å²) in [5, 5.41) is 8.30. The van der Waals surface area contributed by atoms with E-state index in [0.29, 0.717) is 10.4 Å². The van der Waals surface area contributed by atoms with Crippen LogP contribution in [0.25, 0.3) is 0 Å². The molecule has 116 valence electrons. The zero-order chi connectivity index (χ0) is 16.0. The molecule has 0 N–H and O–H groups in total. The second-order valence-corrected chi connectivity index (χ2v) is 5.72. The topological polar surface area (TPSA) is 45.9 Å². The quantitative estimate of drug-likeness (QED) is 0.778. The number of nitrogens with zero attached hydrogens (tertiary/aromatic N) is 2. The van der Waals surface area contributed by atoms with Crippen molar-refractivity contribution in [3.8, 4) is 11.8 Å². The molecule has 0 saturated heterocycles. The van der Waals surface area contributed by atoms with E-state index in [1.165, 1.54) is 31.3 Å². The lowest BCUT2D eigenvalue weighted by Gasteiger charge is -2.17. The van der Waals surface area contributed by atoms with Crippen LogP contribution in [0.3, 0.4) is 0 Å². The van der Waals surface area contributed by atoms with Crippen molar-refractivity contribution >= 4 is 15.9 Å². The van der Waals surface area contributed by atoms with Crippen molar-refractivity contribution in [3.63, 3.8) is 0 Å². The average molecular weight is 365 g/mol. The Hall–Kier alpha value is -1.29. The van der Waals surface area contributed by atoms with Crippen LogP contribution in [0, 0.1) is 23.2 Å². The summed E-state index contributed by atoms with van der Waals surface area (Å²) in [7, 11) is 0. The van der Waals surface area contributed by atoms with Crippen molar-refractivity contribution in [1.82, 2.24) is 4.98 Å². The minimum absolute atomic E-state index is 0.129. The molecule has 1 aromatic heterocycles. The molecule has 0 aliphatic heterocycles. The van der Waals surface area contributed by atoms with Crippen molar-refractivity contribution < 1.29 is 17.9 Å². The van der Waals surface area contributed by atoms with Gasteiger partial charge in [-0.3, -0.25) is 4.98 Å². The van der Waals surface area contributed by atoms with E-state index in [-0.39, 0.29) is 5.75 Å². The van der Waals surface area contributed by atoms with Gasteiger partial charge in [-0.2, -0.15) is 18.4 Å². The number of pyridine rings is 1. The molecule has 0 amide bonds. The molecule has 1 aliphatic carbocycles. The van der Waals surface area contributed by atoms with E-state index >= 15 is 0 Å². The van der Waals surface area contributed by atoms with E-state index in [4.69, 9.17) is 10.00 Å². The van der Waals surface area contributed by atoms with E-state index < -0.39 is 12.3 Å². The average Bonchev–Trinajstić information content (AvgIpc) is 3.24. The van der Waals surface area contributed by atoms with Gasteiger partial charge in [-0.15, -0.1) is 0 Å². The highest BCUT2D eigenvalue weighted by Gasteiger charge is 2.38. The van der Waals surface area contributed by atoms with Gasteiger partial charge in [0.15, 0.2) is 6.10 Å². The standard InChI is InChI=1S/C8H7BrF3NO.C6H9N/c1-5(8(10,11)12)14-7-2-3-13-4-6(7)9;1-5(4-7)6-2-3-6/h2-5H,1H3;5-6H,2-3H2,1H3/t5-;/m0./s1. The van der Waals surface area contributed by atoms with E-state index in [1.54, 1.807) is 0 Å². The zero-order valence-electron chi connectivity index (χ0n) is 11.7. The molecule has 1 fully saturated rings. The Balaban J connectivity index is 0.000000262. The van der Waals surface area contributed by atoms with Crippen LogP contribution in [-0.2, 0) is 0 Å². The molecule has 1 aliphatic rings. The van der Waals surface area contributed by atoms with Gasteiger partial charge in [0.1, 0.15) is 5.75 Å². The van der Waals surface area contributed by atoms with E-state index in [9.17, 15) is 13.2 Å². The first-order chi connectivity index (χ1) is 9.75. The number of nitriles is 1. The molecule has 0 aromatic carbocycles. The lowest BCUT2D eigenvalue weighted by atomic mass is 10.1. The SMILES string of the molecule is CC(C#N)C1CC1.C[C@H](Oc1ccncc1Br)C(F)(F)F. The number of hydrogen-bond donors (Lipinski definition) is 0. The van der Waals surface area contributed by atoms with Crippen LogP contribution in [0.4, 0.5) is 13.2 Å². The molecule has 0 radical (unpaired) electrons. The molecule has 2 rings (SSSR count). The number of halogens is 4. The second-order valence-electron chi connectivity index (χ2n) is 4.86. The van der Waals surface area contributed by atoms with Crippen LogP contribution in [0.2, 0.25) is 0 Å². The summed E-state index contributed by atoms with van der Waals surface area (Å²) in [6.07, 6.45) is -0.880. The van der Waals surface area contributed by atoms with Gasteiger partial charge >= 0.3 is 6.18 Å². The molecule has 1 saturated carbocycles. The lowest BCUT2D eigenvalue weighted by Crippen LogP contribution is -2.31. The Labute approximate surface area is 130 Å². The fourth-order valence-electron chi connectivity index (χ4n) is 1.42. The fourth-order valence-corrected chi connectivity index (χ4v) is 1.76. The third kappa shape index (κ3) is 6.34. The molecule has 0 bridgehead atoms. The lowest BCUT2D eigenvalue weighted by molar-refractivity contribution is -0.189. The Morgan fingerprint density at radius 2 is 2.05 bits per heavy atom. The highest BCUT2D eigenvalue weighted by Crippen LogP contribution is 2.35. The number of hydrogen-bond acceptors (Lipinski definition) is 3. The largest absolute Gasteiger partial charge is 0.480 e. The fraction of sp³-hybridized carbons (Fsp3) is 0.571. The van der Waals surface area contributed by atoms with E-state index in [1.807, 2.05) is 6.92 Å². The smallest absolute Gasteiger partial charge is 0.425 e. The molecular weight excluding hydrogens is 349 g/mol. The predicted molar refractivity (Wildman–Crippen MR) is 75.6 cm³/mol. The second kappa shape index (κ2) is 7.64. The number of ether oxygens (including phenoxy) is 1. The van der Waals surface area contributed by atoms with Crippen LogP contribution >= 0.6 is 15.9 Å². The third-order valence-electron chi connectivity index (χ3n) is 3.03. The van der Waals surface area contributed by atoms with Gasteiger partial charge in [0, 0.05) is 18.3 Å². The Morgan fingerprint density at radius 1 is 1.43 bits per heavy atom. The minimum atomic E-state index is -4.36. The molecular formula is C14H16BrF3N2O. The van der Waals surface area contributed by atoms with Gasteiger partial charge in [0.05, 0.1) is 10.5 Å². The van der Waals surface area contributed by atoms with Gasteiger partial charge in [-0.1, -0.05) is 0 Å². The van der Waals surface area contributed by atoms with Crippen molar-refractivity contribution in [2.24, 2.45) is 11.8 Å². The molecule has 1 aromatic rings. The maximum atomic E-state index is 12.1. The van der Waals surface area contributed by atoms with Crippen molar-refractivity contribution in [1.29, 1.82) is 5.26 Å². The summed E-state index contributed by atoms with van der Waals surface area (Å²) < 4.78 is 41.4. The van der Waals surface area contributed by atoms with E-state index in [0.717, 1.165) is 12.8 Å². The van der Waals surface area contributed by atoms with Crippen molar-refractivity contribution in [2.45, 2.75) is 39.0 Å². The van der Waals surface area contributed by atoms with Crippen LogP contribution in [0.5, 0.6) is 5.75 Å². The van der Waals surface area contributed by atoms with Crippen LogP contribution < -0.4 is 4.74 Å². The third-order valence-corrected chi connectivity index (χ3v) is 3.63. The highest BCUT2D eigenvalue weighted by atomic mass is 79.9. The first-order valence-electron chi connectivity index (χ1n) is 6.48. The Bertz CT molecular complexity index is 498. The van der Waals surface area contributed by atoms with E-state index in [2.05, 4.69) is 27.0 Å². The normalized spacial score (nSPS) is 17.0. The first kappa shape index (κ1) is 17.8. The molecule has 21 heavy (non-hydrogen) atoms. The van der Waals surface area contributed by atoms with Gasteiger partial charge in [-0.05, 0) is 54.6 Å². The summed E-state index contributed by atoms with van der Waals surface area (Å²) in [5.41, 5.74) is 0. The van der Waals surface area contributed by atoms with Crippen molar-refractivity contribution in [2.75, 3.05) is 0 Å². The van der Waals surface area contributed by atoms with Crippen molar-refractivity contribution in [3.05, 3.63) is 22.9 Å². The number of aromatic nitrogens is 1. The monoisotopic (exact) mass is 364 g/mol. The molecule has 2 atom stereocenters. The van der Waals surface area contributed by atoms with Crippen LogP contribution in [0.15, 0.2) is 22.9 Å². The maximum absolute atomic E-state index is 12.1. The summed E-state index contributed by atoms with van der Waals surface area (Å²) in [6, 6.07) is 3.59. The summed E-state index contributed by atoms with van der Waals surface area (Å²) in [5.74, 6) is 1.20. The van der Waals surface area contributed by atoms with Crippen LogP contribution in [0.1, 0.15) is 26.7 Å². The van der Waals surface area contributed by atoms with Gasteiger partial charge < -0.3 is 4.74 Å². The Morgan fingerprint density at radius 3 is 2.43 bits per heavy atom. The molecule has 3 nitrogen and oxygen atoms in total. The highest BCUT2D eigenvalue weighted by molar-refractivity contribution is 9.10. The number of alkyl halides is 3. The predicted octanol–water partition coefficient (Wildman–Crippen LogP) is 4.73. The van der Waals surface area contributed by atoms with Gasteiger partial charge in [0.2, 0.25) is 0 Å². The Kier molecular flexibility index (Phi) is 6.46. The molecule has 7 heteroatoms. The molecule has 0 spiro atoms. The minimum Gasteiger partial charge on any atom is -0.480 e. The molecule has 1 heterocycles. The summed E-state index contributed by atoms with van der Waals surface area (Å²) in [6.45, 7) is 2.95. The van der Waals surface area contributed by atoms with Gasteiger partial charge in [-0.25, -0.2) is 0 Å². The first-order valence-corrected chi connectivity index (χ1v) is 7.27. The summed E-state index contributed by atoms with van der Waals surface area (Å²) >= 11 is 3.04. The van der Waals surface area contributed by atoms with Crippen LogP contribution in [-0.4, -0.2) is 17.3 Å².